The zero-order chi connectivity index (χ0) is 45.1. The van der Waals surface area contributed by atoms with E-state index in [0.29, 0.717) is 19.3 Å². The van der Waals surface area contributed by atoms with Gasteiger partial charge >= 0.3 is 17.9 Å². The van der Waals surface area contributed by atoms with E-state index in [1.807, 2.05) is 12.2 Å². The molecule has 0 aromatic heterocycles. The summed E-state index contributed by atoms with van der Waals surface area (Å²) < 4.78 is 16.6. The number of carbonyl (C=O) groups excluding carboxylic acids is 3. The van der Waals surface area contributed by atoms with Crippen LogP contribution in [0.25, 0.3) is 0 Å². The molecule has 0 spiro atoms. The Labute approximate surface area is 380 Å². The van der Waals surface area contributed by atoms with Crippen molar-refractivity contribution < 1.29 is 28.6 Å². The van der Waals surface area contributed by atoms with Gasteiger partial charge in [0, 0.05) is 19.3 Å². The fraction of sp³-hybridized carbons (Fsp3) is 0.589. The average Bonchev–Trinajstić information content (AvgIpc) is 3.27. The number of hydrogen-bond donors (Lipinski definition) is 0. The van der Waals surface area contributed by atoms with E-state index in [9.17, 15) is 14.4 Å². The molecule has 0 aromatic carbocycles. The van der Waals surface area contributed by atoms with Gasteiger partial charge in [0.15, 0.2) is 6.10 Å². The molecule has 0 saturated heterocycles. The number of allylic oxidation sites excluding steroid dienone is 20. The molecule has 0 aromatic rings. The minimum Gasteiger partial charge on any atom is -0.462 e. The Balaban J connectivity index is 4.57. The molecule has 0 aliphatic carbocycles. The maximum atomic E-state index is 12.7. The third kappa shape index (κ3) is 46.9. The first-order valence-electron chi connectivity index (χ1n) is 24.5. The van der Waals surface area contributed by atoms with E-state index in [2.05, 4.69) is 130 Å². The SMILES string of the molecule is CC/C=C\C/C=C\C/C=C\C/C=C\C/C=C\C/C=C\CCC(=O)OC[C@@H](COC(=O)CCCCCCCCCCCC)OC(=O)CCCC/C=C\C/C=C\C/C=C\C/C=C\CC. The van der Waals surface area contributed by atoms with Crippen LogP contribution in [-0.4, -0.2) is 37.2 Å². The molecule has 6 nitrogen and oxygen atoms in total. The van der Waals surface area contributed by atoms with Gasteiger partial charge < -0.3 is 14.2 Å². The summed E-state index contributed by atoms with van der Waals surface area (Å²) >= 11 is 0. The van der Waals surface area contributed by atoms with Crippen molar-refractivity contribution in [2.75, 3.05) is 13.2 Å². The van der Waals surface area contributed by atoms with Gasteiger partial charge in [-0.2, -0.15) is 0 Å². The molecule has 0 aliphatic heterocycles. The maximum Gasteiger partial charge on any atom is 0.306 e. The highest BCUT2D eigenvalue weighted by Crippen LogP contribution is 2.12. The number of rotatable bonds is 42. The average molecular weight is 857 g/mol. The van der Waals surface area contributed by atoms with E-state index in [0.717, 1.165) is 96.3 Å². The molecule has 0 unspecified atom stereocenters. The quantitative estimate of drug-likeness (QED) is 0.0263. The second-order valence-corrected chi connectivity index (χ2v) is 15.6. The second kappa shape index (κ2) is 49.5. The van der Waals surface area contributed by atoms with E-state index in [1.165, 1.54) is 44.9 Å². The number of ether oxygens (including phenoxy) is 3. The highest BCUT2D eigenvalue weighted by molar-refractivity contribution is 5.71. The van der Waals surface area contributed by atoms with Crippen LogP contribution in [0.4, 0.5) is 0 Å². The number of carbonyl (C=O) groups is 3. The Bertz CT molecular complexity index is 1350. The second-order valence-electron chi connectivity index (χ2n) is 15.6. The molecule has 0 amide bonds. The highest BCUT2D eigenvalue weighted by Gasteiger charge is 2.19. The fourth-order valence-corrected chi connectivity index (χ4v) is 6.10. The molecular formula is C56H88O6. The Morgan fingerprint density at radius 1 is 0.339 bits per heavy atom. The zero-order valence-electron chi connectivity index (χ0n) is 39.6. The fourth-order valence-electron chi connectivity index (χ4n) is 6.10. The lowest BCUT2D eigenvalue weighted by atomic mass is 10.1. The summed E-state index contributed by atoms with van der Waals surface area (Å²) in [6.07, 6.45) is 67.7. The minimum absolute atomic E-state index is 0.120. The smallest absolute Gasteiger partial charge is 0.306 e. The van der Waals surface area contributed by atoms with Crippen molar-refractivity contribution in [2.45, 2.75) is 200 Å². The molecule has 0 heterocycles. The summed E-state index contributed by atoms with van der Waals surface area (Å²) in [6, 6.07) is 0. The summed E-state index contributed by atoms with van der Waals surface area (Å²) in [5.41, 5.74) is 0. The van der Waals surface area contributed by atoms with Gasteiger partial charge in [0.1, 0.15) is 13.2 Å². The van der Waals surface area contributed by atoms with Crippen LogP contribution in [0, 0.1) is 0 Å². The highest BCUT2D eigenvalue weighted by atomic mass is 16.6. The first-order chi connectivity index (χ1) is 30.5. The van der Waals surface area contributed by atoms with Gasteiger partial charge in [0.25, 0.3) is 0 Å². The summed E-state index contributed by atoms with van der Waals surface area (Å²) in [5.74, 6) is -1.06. The molecule has 62 heavy (non-hydrogen) atoms. The molecule has 0 aliphatic rings. The molecule has 0 radical (unpaired) electrons. The Hall–Kier alpha value is -4.19. The van der Waals surface area contributed by atoms with Crippen molar-refractivity contribution in [3.05, 3.63) is 122 Å². The normalized spacial score (nSPS) is 13.1. The molecule has 0 rings (SSSR count). The molecule has 0 N–H and O–H groups in total. The monoisotopic (exact) mass is 857 g/mol. The van der Waals surface area contributed by atoms with Crippen LogP contribution in [0.15, 0.2) is 122 Å². The molecule has 348 valence electrons. The topological polar surface area (TPSA) is 78.9 Å². The maximum absolute atomic E-state index is 12.7. The van der Waals surface area contributed by atoms with E-state index >= 15 is 0 Å². The Morgan fingerprint density at radius 2 is 0.661 bits per heavy atom. The van der Waals surface area contributed by atoms with Crippen molar-refractivity contribution in [2.24, 2.45) is 0 Å². The van der Waals surface area contributed by atoms with Crippen molar-refractivity contribution in [3.63, 3.8) is 0 Å². The lowest BCUT2D eigenvalue weighted by Crippen LogP contribution is -2.30. The lowest BCUT2D eigenvalue weighted by Gasteiger charge is -2.18. The molecule has 6 heteroatoms. The predicted octanol–water partition coefficient (Wildman–Crippen LogP) is 16.1. The van der Waals surface area contributed by atoms with Gasteiger partial charge in [-0.15, -0.1) is 0 Å². The van der Waals surface area contributed by atoms with Crippen LogP contribution in [-0.2, 0) is 28.6 Å². The van der Waals surface area contributed by atoms with Gasteiger partial charge in [-0.25, -0.2) is 0 Å². The van der Waals surface area contributed by atoms with Crippen LogP contribution >= 0.6 is 0 Å². The molecule has 0 saturated carbocycles. The summed E-state index contributed by atoms with van der Waals surface area (Å²) in [4.78, 5) is 37.8. The summed E-state index contributed by atoms with van der Waals surface area (Å²) in [7, 11) is 0. The van der Waals surface area contributed by atoms with Crippen LogP contribution in [0.1, 0.15) is 194 Å². The largest absolute Gasteiger partial charge is 0.462 e. The first-order valence-corrected chi connectivity index (χ1v) is 24.5. The third-order valence-corrected chi connectivity index (χ3v) is 9.73. The van der Waals surface area contributed by atoms with Crippen LogP contribution in [0.5, 0.6) is 0 Å². The van der Waals surface area contributed by atoms with Gasteiger partial charge in [-0.1, -0.05) is 200 Å². The van der Waals surface area contributed by atoms with Gasteiger partial charge in [0.2, 0.25) is 0 Å². The molecule has 0 bridgehead atoms. The van der Waals surface area contributed by atoms with E-state index in [4.69, 9.17) is 14.2 Å². The number of unbranched alkanes of at least 4 members (excludes halogenated alkanes) is 11. The zero-order valence-corrected chi connectivity index (χ0v) is 39.6. The van der Waals surface area contributed by atoms with E-state index in [-0.39, 0.29) is 44.0 Å². The minimum atomic E-state index is -0.830. The van der Waals surface area contributed by atoms with Crippen molar-refractivity contribution in [3.8, 4) is 0 Å². The summed E-state index contributed by atoms with van der Waals surface area (Å²) in [5, 5.41) is 0. The Morgan fingerprint density at radius 3 is 1.08 bits per heavy atom. The predicted molar refractivity (Wildman–Crippen MR) is 265 cm³/mol. The van der Waals surface area contributed by atoms with Crippen molar-refractivity contribution in [1.29, 1.82) is 0 Å². The first kappa shape index (κ1) is 57.8. The van der Waals surface area contributed by atoms with Gasteiger partial charge in [0.05, 0.1) is 0 Å². The number of hydrogen-bond acceptors (Lipinski definition) is 6. The third-order valence-electron chi connectivity index (χ3n) is 9.73. The summed E-state index contributed by atoms with van der Waals surface area (Å²) in [6.45, 7) is 6.27. The van der Waals surface area contributed by atoms with Gasteiger partial charge in [-0.05, 0) is 96.3 Å². The van der Waals surface area contributed by atoms with Crippen LogP contribution in [0.2, 0.25) is 0 Å². The van der Waals surface area contributed by atoms with Crippen LogP contribution < -0.4 is 0 Å². The molecule has 0 fully saturated rings. The molecule has 1 atom stereocenters. The standard InChI is InChI=1S/C56H88O6/c1-4-7-10-13-16-19-22-24-26-27-28-29-31-32-34-37-40-43-46-49-55(58)61-52-53(51-60-54(57)48-45-42-39-36-21-18-15-12-9-6-3)62-56(59)50-47-44-41-38-35-33-30-25-23-20-17-14-11-8-5-2/h7-8,10-11,16-17,19-20,24-26,28-30,32,34-35,38,40,43,53H,4-6,9,12-15,18,21-23,27,31,33,36-37,39,41-42,44-52H2,1-3H3/b10-7-,11-8-,19-16-,20-17-,26-24-,29-28-,30-25-,34-32-,38-35-,43-40-/t53-/m1/s1. The molecular weight excluding hydrogens is 769 g/mol. The lowest BCUT2D eigenvalue weighted by molar-refractivity contribution is -0.166. The van der Waals surface area contributed by atoms with E-state index < -0.39 is 6.10 Å². The van der Waals surface area contributed by atoms with Crippen LogP contribution in [0.3, 0.4) is 0 Å². The van der Waals surface area contributed by atoms with Crippen molar-refractivity contribution >= 4 is 17.9 Å². The number of esters is 3. The van der Waals surface area contributed by atoms with E-state index in [1.54, 1.807) is 0 Å². The Kier molecular flexibility index (Phi) is 46.1. The van der Waals surface area contributed by atoms with Crippen molar-refractivity contribution in [1.82, 2.24) is 0 Å². The van der Waals surface area contributed by atoms with Gasteiger partial charge in [-0.3, -0.25) is 14.4 Å².